The molecule has 0 radical (unpaired) electrons. The Labute approximate surface area is 76.2 Å². The van der Waals surface area contributed by atoms with Gasteiger partial charge in [-0.3, -0.25) is 4.98 Å². The molecule has 2 nitrogen and oxygen atoms in total. The van der Waals surface area contributed by atoms with Crippen molar-refractivity contribution in [1.29, 1.82) is 0 Å². The lowest BCUT2D eigenvalue weighted by molar-refractivity contribution is 0.474. The average molecular weight is 171 g/mol. The number of hydrogen-bond donors (Lipinski definition) is 1. The molecule has 0 saturated heterocycles. The second-order valence-corrected chi connectivity index (χ2v) is 2.81. The van der Waals surface area contributed by atoms with E-state index in [0.29, 0.717) is 0 Å². The van der Waals surface area contributed by atoms with Gasteiger partial charge in [0.1, 0.15) is 5.75 Å². The van der Waals surface area contributed by atoms with Crippen LogP contribution in [-0.4, -0.2) is 10.1 Å². The second-order valence-electron chi connectivity index (χ2n) is 2.81. The standard InChI is InChI=1S/C11H9NO/c1-2-8-4-3-5-11-10(8)6-9(13)7-12-11/h2-7,13H,1H2. The van der Waals surface area contributed by atoms with Crippen molar-refractivity contribution in [3.8, 4) is 5.75 Å². The molecular weight excluding hydrogens is 162 g/mol. The minimum atomic E-state index is 0.182. The summed E-state index contributed by atoms with van der Waals surface area (Å²) in [5.41, 5.74) is 1.86. The zero-order valence-electron chi connectivity index (χ0n) is 7.07. The minimum absolute atomic E-state index is 0.182. The third kappa shape index (κ3) is 1.26. The van der Waals surface area contributed by atoms with Crippen LogP contribution in [0.25, 0.3) is 17.0 Å². The van der Waals surface area contributed by atoms with Crippen LogP contribution in [-0.2, 0) is 0 Å². The monoisotopic (exact) mass is 171 g/mol. The number of pyridine rings is 1. The van der Waals surface area contributed by atoms with Crippen LogP contribution in [0.4, 0.5) is 0 Å². The molecule has 0 amide bonds. The maximum absolute atomic E-state index is 9.25. The molecule has 0 unspecified atom stereocenters. The first-order chi connectivity index (χ1) is 6.31. The lowest BCUT2D eigenvalue weighted by Crippen LogP contribution is -1.81. The van der Waals surface area contributed by atoms with Gasteiger partial charge in [-0.15, -0.1) is 0 Å². The van der Waals surface area contributed by atoms with E-state index < -0.39 is 0 Å². The number of fused-ring (bicyclic) bond motifs is 1. The summed E-state index contributed by atoms with van der Waals surface area (Å²) in [6.45, 7) is 3.70. The Balaban J connectivity index is 2.86. The van der Waals surface area contributed by atoms with Gasteiger partial charge in [-0.1, -0.05) is 24.8 Å². The molecule has 0 aliphatic heterocycles. The highest BCUT2D eigenvalue weighted by Crippen LogP contribution is 2.21. The molecule has 0 aliphatic rings. The van der Waals surface area contributed by atoms with Crippen molar-refractivity contribution in [2.75, 3.05) is 0 Å². The van der Waals surface area contributed by atoms with Gasteiger partial charge >= 0.3 is 0 Å². The van der Waals surface area contributed by atoms with Crippen LogP contribution in [0.5, 0.6) is 5.75 Å². The molecule has 2 rings (SSSR count). The summed E-state index contributed by atoms with van der Waals surface area (Å²) in [4.78, 5) is 4.09. The summed E-state index contributed by atoms with van der Waals surface area (Å²) in [5, 5.41) is 10.2. The molecule has 1 N–H and O–H groups in total. The molecule has 0 bridgehead atoms. The highest BCUT2D eigenvalue weighted by atomic mass is 16.3. The molecule has 13 heavy (non-hydrogen) atoms. The number of benzene rings is 1. The number of nitrogens with zero attached hydrogens (tertiary/aromatic N) is 1. The summed E-state index contributed by atoms with van der Waals surface area (Å²) in [7, 11) is 0. The van der Waals surface area contributed by atoms with E-state index in [4.69, 9.17) is 0 Å². The molecule has 1 aromatic carbocycles. The van der Waals surface area contributed by atoms with E-state index >= 15 is 0 Å². The first kappa shape index (κ1) is 7.80. The molecule has 0 atom stereocenters. The molecule has 0 fully saturated rings. The fourth-order valence-electron chi connectivity index (χ4n) is 1.34. The van der Waals surface area contributed by atoms with E-state index in [2.05, 4.69) is 11.6 Å². The van der Waals surface area contributed by atoms with Gasteiger partial charge in [0.25, 0.3) is 0 Å². The van der Waals surface area contributed by atoms with Crippen LogP contribution in [0.3, 0.4) is 0 Å². The van der Waals surface area contributed by atoms with Gasteiger partial charge < -0.3 is 5.11 Å². The Kier molecular flexibility index (Phi) is 1.74. The number of aromatic nitrogens is 1. The Bertz CT molecular complexity index is 463. The smallest absolute Gasteiger partial charge is 0.134 e. The average Bonchev–Trinajstić information content (AvgIpc) is 2.17. The molecular formula is C11H9NO. The Morgan fingerprint density at radius 1 is 1.38 bits per heavy atom. The molecule has 2 aromatic rings. The highest BCUT2D eigenvalue weighted by Gasteiger charge is 1.99. The number of hydrogen-bond acceptors (Lipinski definition) is 2. The van der Waals surface area contributed by atoms with Crippen LogP contribution in [0.2, 0.25) is 0 Å². The molecule has 64 valence electrons. The summed E-state index contributed by atoms with van der Waals surface area (Å²) in [6.07, 6.45) is 3.19. The van der Waals surface area contributed by atoms with Gasteiger partial charge in [0.15, 0.2) is 0 Å². The van der Waals surface area contributed by atoms with Gasteiger partial charge in [0.05, 0.1) is 11.7 Å². The molecule has 0 spiro atoms. The topological polar surface area (TPSA) is 33.1 Å². The lowest BCUT2D eigenvalue weighted by Gasteiger charge is -2.01. The van der Waals surface area contributed by atoms with E-state index in [-0.39, 0.29) is 5.75 Å². The molecule has 1 aromatic heterocycles. The van der Waals surface area contributed by atoms with Gasteiger partial charge in [-0.2, -0.15) is 0 Å². The van der Waals surface area contributed by atoms with Crippen molar-refractivity contribution in [1.82, 2.24) is 4.98 Å². The van der Waals surface area contributed by atoms with E-state index in [1.165, 1.54) is 6.20 Å². The van der Waals surface area contributed by atoms with Gasteiger partial charge in [-0.25, -0.2) is 0 Å². The fourth-order valence-corrected chi connectivity index (χ4v) is 1.34. The molecule has 2 heteroatoms. The fraction of sp³-hybridized carbons (Fsp3) is 0. The van der Waals surface area contributed by atoms with Crippen molar-refractivity contribution in [2.24, 2.45) is 0 Å². The van der Waals surface area contributed by atoms with Crippen LogP contribution in [0, 0.1) is 0 Å². The largest absolute Gasteiger partial charge is 0.506 e. The van der Waals surface area contributed by atoms with E-state index in [1.807, 2.05) is 18.2 Å². The third-order valence-electron chi connectivity index (χ3n) is 1.96. The normalized spacial score (nSPS) is 10.2. The highest BCUT2D eigenvalue weighted by molar-refractivity contribution is 5.88. The van der Waals surface area contributed by atoms with E-state index in [1.54, 1.807) is 12.1 Å². The van der Waals surface area contributed by atoms with Gasteiger partial charge in [0, 0.05) is 5.39 Å². The SMILES string of the molecule is C=Cc1cccc2ncc(O)cc12. The summed E-state index contributed by atoms with van der Waals surface area (Å²) < 4.78 is 0. The summed E-state index contributed by atoms with van der Waals surface area (Å²) in [5.74, 6) is 0.182. The quantitative estimate of drug-likeness (QED) is 0.715. The lowest BCUT2D eigenvalue weighted by atomic mass is 10.1. The van der Waals surface area contributed by atoms with Crippen molar-refractivity contribution >= 4 is 17.0 Å². The number of aromatic hydroxyl groups is 1. The Morgan fingerprint density at radius 2 is 2.23 bits per heavy atom. The van der Waals surface area contributed by atoms with Crippen LogP contribution in [0.15, 0.2) is 37.0 Å². The van der Waals surface area contributed by atoms with E-state index in [0.717, 1.165) is 16.5 Å². The van der Waals surface area contributed by atoms with Gasteiger partial charge in [0.2, 0.25) is 0 Å². The summed E-state index contributed by atoms with van der Waals surface area (Å²) in [6, 6.07) is 7.46. The zero-order chi connectivity index (χ0) is 9.26. The first-order valence-corrected chi connectivity index (χ1v) is 4.01. The van der Waals surface area contributed by atoms with Crippen molar-refractivity contribution in [3.05, 3.63) is 42.6 Å². The summed E-state index contributed by atoms with van der Waals surface area (Å²) >= 11 is 0. The van der Waals surface area contributed by atoms with E-state index in [9.17, 15) is 5.11 Å². The first-order valence-electron chi connectivity index (χ1n) is 4.01. The maximum Gasteiger partial charge on any atom is 0.134 e. The second kappa shape index (κ2) is 2.90. The van der Waals surface area contributed by atoms with Crippen molar-refractivity contribution in [2.45, 2.75) is 0 Å². The van der Waals surface area contributed by atoms with Crippen molar-refractivity contribution in [3.63, 3.8) is 0 Å². The predicted octanol–water partition coefficient (Wildman–Crippen LogP) is 2.58. The van der Waals surface area contributed by atoms with Crippen LogP contribution >= 0.6 is 0 Å². The maximum atomic E-state index is 9.25. The molecule has 1 heterocycles. The zero-order valence-corrected chi connectivity index (χ0v) is 7.07. The third-order valence-corrected chi connectivity index (χ3v) is 1.96. The van der Waals surface area contributed by atoms with Crippen LogP contribution in [0.1, 0.15) is 5.56 Å². The van der Waals surface area contributed by atoms with Crippen LogP contribution < -0.4 is 0 Å². The molecule has 0 saturated carbocycles. The Hall–Kier alpha value is -1.83. The molecule has 0 aliphatic carbocycles. The van der Waals surface area contributed by atoms with Crippen molar-refractivity contribution < 1.29 is 5.11 Å². The van der Waals surface area contributed by atoms with Gasteiger partial charge in [-0.05, 0) is 17.7 Å². The Morgan fingerprint density at radius 3 is 3.00 bits per heavy atom. The number of rotatable bonds is 1. The predicted molar refractivity (Wildman–Crippen MR) is 53.5 cm³/mol. The minimum Gasteiger partial charge on any atom is -0.506 e.